The van der Waals surface area contributed by atoms with Crippen LogP contribution in [0.2, 0.25) is 0 Å². The first kappa shape index (κ1) is 17.7. The molecule has 4 rings (SSSR count). The molecule has 7 nitrogen and oxygen atoms in total. The van der Waals surface area contributed by atoms with Gasteiger partial charge >= 0.3 is 0 Å². The van der Waals surface area contributed by atoms with E-state index in [1.54, 1.807) is 22.7 Å². The van der Waals surface area contributed by atoms with Crippen LogP contribution in [0.1, 0.15) is 29.8 Å². The topological polar surface area (TPSA) is 87.5 Å². The fourth-order valence-electron chi connectivity index (χ4n) is 4.20. The van der Waals surface area contributed by atoms with Crippen LogP contribution in [0.25, 0.3) is 11.3 Å². The standard InChI is InChI=1S/C20H24N4O3/c1-23-16(12-15(22-23)14-6-3-2-4-7-14)18(26)24-11-8-17(25)20(13-24)9-5-10-21-19(20)27/h2-4,6-7,12,17,25H,5,8-11,13H2,1H3,(H,21,27)/t17-,20-/m1/s1. The molecule has 1 spiro atoms. The largest absolute Gasteiger partial charge is 0.392 e. The first-order valence-corrected chi connectivity index (χ1v) is 9.36. The maximum absolute atomic E-state index is 13.2. The van der Waals surface area contributed by atoms with Gasteiger partial charge in [-0.3, -0.25) is 14.3 Å². The summed E-state index contributed by atoms with van der Waals surface area (Å²) in [5.41, 5.74) is 1.28. The van der Waals surface area contributed by atoms with Gasteiger partial charge in [0.1, 0.15) is 5.69 Å². The van der Waals surface area contributed by atoms with Crippen LogP contribution in [0.15, 0.2) is 36.4 Å². The third-order valence-electron chi connectivity index (χ3n) is 5.78. The number of rotatable bonds is 2. The first-order chi connectivity index (χ1) is 13.0. The predicted octanol–water partition coefficient (Wildman–Crippen LogP) is 1.19. The molecule has 7 heteroatoms. The third kappa shape index (κ3) is 3.02. The number of aliphatic hydroxyl groups excluding tert-OH is 1. The Morgan fingerprint density at radius 1 is 1.33 bits per heavy atom. The molecule has 2 saturated heterocycles. The van der Waals surface area contributed by atoms with Crippen molar-refractivity contribution < 1.29 is 14.7 Å². The van der Waals surface area contributed by atoms with Crippen molar-refractivity contribution in [2.45, 2.75) is 25.4 Å². The number of likely N-dealkylation sites (tertiary alicyclic amines) is 1. The van der Waals surface area contributed by atoms with Crippen molar-refractivity contribution in [3.63, 3.8) is 0 Å². The average molecular weight is 368 g/mol. The molecular formula is C20H24N4O3. The molecule has 2 amide bonds. The number of piperidine rings is 2. The lowest BCUT2D eigenvalue weighted by Gasteiger charge is -2.46. The van der Waals surface area contributed by atoms with E-state index in [9.17, 15) is 14.7 Å². The Morgan fingerprint density at radius 3 is 2.85 bits per heavy atom. The highest BCUT2D eigenvalue weighted by Crippen LogP contribution is 2.37. The second kappa shape index (κ2) is 6.81. The number of carbonyl (C=O) groups excluding carboxylic acids is 2. The van der Waals surface area contributed by atoms with Crippen molar-refractivity contribution in [1.82, 2.24) is 20.0 Å². The van der Waals surface area contributed by atoms with Crippen LogP contribution in [-0.2, 0) is 11.8 Å². The maximum Gasteiger partial charge on any atom is 0.272 e. The van der Waals surface area contributed by atoms with Crippen molar-refractivity contribution in [2.24, 2.45) is 12.5 Å². The van der Waals surface area contributed by atoms with E-state index in [0.29, 0.717) is 31.6 Å². The molecule has 0 bridgehead atoms. The Hall–Kier alpha value is -2.67. The number of amides is 2. The van der Waals surface area contributed by atoms with Gasteiger partial charge in [-0.15, -0.1) is 0 Å². The first-order valence-electron chi connectivity index (χ1n) is 9.36. The van der Waals surface area contributed by atoms with Gasteiger partial charge in [0.25, 0.3) is 5.91 Å². The molecule has 142 valence electrons. The van der Waals surface area contributed by atoms with Gasteiger partial charge in [0.05, 0.1) is 17.2 Å². The number of benzene rings is 1. The fourth-order valence-corrected chi connectivity index (χ4v) is 4.20. The van der Waals surface area contributed by atoms with E-state index in [4.69, 9.17) is 0 Å². The Balaban J connectivity index is 1.60. The number of nitrogens with zero attached hydrogens (tertiary/aromatic N) is 3. The van der Waals surface area contributed by atoms with Crippen LogP contribution in [-0.4, -0.2) is 57.3 Å². The lowest BCUT2D eigenvalue weighted by molar-refractivity contribution is -0.147. The molecule has 1 aromatic heterocycles. The maximum atomic E-state index is 13.2. The Morgan fingerprint density at radius 2 is 2.11 bits per heavy atom. The smallest absolute Gasteiger partial charge is 0.272 e. The van der Waals surface area contributed by atoms with E-state index >= 15 is 0 Å². The number of hydrogen-bond donors (Lipinski definition) is 2. The summed E-state index contributed by atoms with van der Waals surface area (Å²) >= 11 is 0. The molecular weight excluding hydrogens is 344 g/mol. The normalized spacial score (nSPS) is 25.5. The minimum Gasteiger partial charge on any atom is -0.392 e. The minimum atomic E-state index is -0.896. The molecule has 2 aliphatic heterocycles. The quantitative estimate of drug-likeness (QED) is 0.834. The minimum absolute atomic E-state index is 0.145. The van der Waals surface area contributed by atoms with Crippen LogP contribution < -0.4 is 5.32 Å². The molecule has 0 radical (unpaired) electrons. The highest BCUT2D eigenvalue weighted by atomic mass is 16.3. The van der Waals surface area contributed by atoms with Crippen LogP contribution in [0.5, 0.6) is 0 Å². The van der Waals surface area contributed by atoms with Crippen LogP contribution >= 0.6 is 0 Å². The molecule has 2 N–H and O–H groups in total. The molecule has 2 fully saturated rings. The zero-order chi connectivity index (χ0) is 19.0. The number of aryl methyl sites for hydroxylation is 1. The second-order valence-corrected chi connectivity index (χ2v) is 7.45. The SMILES string of the molecule is Cn1nc(-c2ccccc2)cc1C(=O)N1CC[C@@H](O)[C@@]2(CCCNC2=O)C1. The summed E-state index contributed by atoms with van der Waals surface area (Å²) in [7, 11) is 1.75. The van der Waals surface area contributed by atoms with Gasteiger partial charge in [0.15, 0.2) is 0 Å². The molecule has 27 heavy (non-hydrogen) atoms. The van der Waals surface area contributed by atoms with E-state index in [1.807, 2.05) is 30.3 Å². The lowest BCUT2D eigenvalue weighted by atomic mass is 9.71. The van der Waals surface area contributed by atoms with Gasteiger partial charge in [-0.05, 0) is 25.3 Å². The van der Waals surface area contributed by atoms with Crippen molar-refractivity contribution in [1.29, 1.82) is 0 Å². The molecule has 1 aromatic carbocycles. The van der Waals surface area contributed by atoms with E-state index in [2.05, 4.69) is 10.4 Å². The highest BCUT2D eigenvalue weighted by molar-refractivity contribution is 5.95. The third-order valence-corrected chi connectivity index (χ3v) is 5.78. The van der Waals surface area contributed by atoms with E-state index in [1.165, 1.54) is 0 Å². The molecule has 0 unspecified atom stereocenters. The summed E-state index contributed by atoms with van der Waals surface area (Å²) in [5, 5.41) is 17.8. The van der Waals surface area contributed by atoms with E-state index in [0.717, 1.165) is 17.7 Å². The predicted molar refractivity (Wildman–Crippen MR) is 99.8 cm³/mol. The Labute approximate surface area is 158 Å². The summed E-state index contributed by atoms with van der Waals surface area (Å²) in [5.74, 6) is -0.300. The number of aromatic nitrogens is 2. The number of aliphatic hydroxyl groups is 1. The summed E-state index contributed by atoms with van der Waals surface area (Å²) in [6.45, 7) is 1.30. The van der Waals surface area contributed by atoms with Gasteiger partial charge in [-0.1, -0.05) is 30.3 Å². The van der Waals surface area contributed by atoms with Gasteiger partial charge in [0, 0.05) is 32.2 Å². The van der Waals surface area contributed by atoms with Crippen LogP contribution in [0.3, 0.4) is 0 Å². The zero-order valence-corrected chi connectivity index (χ0v) is 15.4. The summed E-state index contributed by atoms with van der Waals surface area (Å²) < 4.78 is 1.59. The second-order valence-electron chi connectivity index (χ2n) is 7.45. The van der Waals surface area contributed by atoms with Crippen LogP contribution in [0, 0.1) is 5.41 Å². The van der Waals surface area contributed by atoms with Crippen molar-refractivity contribution in [2.75, 3.05) is 19.6 Å². The summed E-state index contributed by atoms with van der Waals surface area (Å²) in [4.78, 5) is 27.4. The molecule has 0 aliphatic carbocycles. The highest BCUT2D eigenvalue weighted by Gasteiger charge is 2.50. The van der Waals surface area contributed by atoms with Gasteiger partial charge < -0.3 is 15.3 Å². The van der Waals surface area contributed by atoms with Gasteiger partial charge in [0.2, 0.25) is 5.91 Å². The summed E-state index contributed by atoms with van der Waals surface area (Å²) in [6.07, 6.45) is 1.11. The molecule has 3 heterocycles. The molecule has 2 atom stereocenters. The van der Waals surface area contributed by atoms with Gasteiger partial charge in [-0.25, -0.2) is 0 Å². The van der Waals surface area contributed by atoms with E-state index in [-0.39, 0.29) is 18.4 Å². The van der Waals surface area contributed by atoms with E-state index < -0.39 is 11.5 Å². The summed E-state index contributed by atoms with van der Waals surface area (Å²) in [6, 6.07) is 11.5. The lowest BCUT2D eigenvalue weighted by Crippen LogP contribution is -2.62. The number of nitrogens with one attached hydrogen (secondary N) is 1. The zero-order valence-electron chi connectivity index (χ0n) is 15.4. The average Bonchev–Trinajstić information content (AvgIpc) is 3.08. The Bertz CT molecular complexity index is 863. The molecule has 2 aliphatic rings. The number of hydrogen-bond acceptors (Lipinski definition) is 4. The number of carbonyl (C=O) groups is 2. The van der Waals surface area contributed by atoms with Crippen molar-refractivity contribution >= 4 is 11.8 Å². The van der Waals surface area contributed by atoms with Crippen molar-refractivity contribution in [3.8, 4) is 11.3 Å². The molecule has 2 aromatic rings. The monoisotopic (exact) mass is 368 g/mol. The fraction of sp³-hybridized carbons (Fsp3) is 0.450. The molecule has 0 saturated carbocycles. The Kier molecular flexibility index (Phi) is 4.47. The van der Waals surface area contributed by atoms with Crippen molar-refractivity contribution in [3.05, 3.63) is 42.1 Å². The van der Waals surface area contributed by atoms with Crippen LogP contribution in [0.4, 0.5) is 0 Å². The van der Waals surface area contributed by atoms with Gasteiger partial charge in [-0.2, -0.15) is 5.10 Å².